The van der Waals surface area contributed by atoms with Crippen molar-refractivity contribution in [3.05, 3.63) is 34.8 Å². The Balaban J connectivity index is 0.000000336. The highest BCUT2D eigenvalue weighted by molar-refractivity contribution is 5.33. The van der Waals surface area contributed by atoms with Crippen LogP contribution < -0.4 is 10.6 Å². The Morgan fingerprint density at radius 3 is 2.50 bits per heavy atom. The number of fused-ring (bicyclic) bond motifs is 1. The van der Waals surface area contributed by atoms with Crippen LogP contribution in [0.5, 0.6) is 0 Å². The molecule has 1 aliphatic heterocycles. The molecule has 0 bridgehead atoms. The molecule has 0 amide bonds. The molecule has 64 valence electrons. The van der Waals surface area contributed by atoms with Gasteiger partial charge in [0.05, 0.1) is 11.4 Å². The number of para-hydroxylation sites is 1. The van der Waals surface area contributed by atoms with Crippen LogP contribution in [0.2, 0.25) is 0 Å². The summed E-state index contributed by atoms with van der Waals surface area (Å²) in [7, 11) is 0. The topological polar surface area (TPSA) is 12.4 Å². The van der Waals surface area contributed by atoms with Gasteiger partial charge in [-0.1, -0.05) is 38.1 Å². The lowest BCUT2D eigenvalue weighted by atomic mass is 10.3. The maximum Gasteiger partial charge on any atom is 0.0668 e. The number of nitrogens with zero attached hydrogens (tertiary/aromatic N) is 1. The number of benzene rings is 1. The molecule has 1 atom stereocenters. The van der Waals surface area contributed by atoms with Gasteiger partial charge in [0, 0.05) is 0 Å². The SMILES string of the molecule is CC.CC1C=c2ccccc2=N1. The Labute approximate surface area is 73.5 Å². The molecule has 0 spiro atoms. The average molecular weight is 161 g/mol. The second-order valence-corrected chi connectivity index (χ2v) is 2.60. The van der Waals surface area contributed by atoms with Gasteiger partial charge in [-0.3, -0.25) is 4.99 Å². The van der Waals surface area contributed by atoms with Gasteiger partial charge in [-0.15, -0.1) is 0 Å². The Hall–Kier alpha value is -1.11. The monoisotopic (exact) mass is 161 g/mol. The first kappa shape index (κ1) is 8.98. The molecule has 1 aromatic carbocycles. The highest BCUT2D eigenvalue weighted by Crippen LogP contribution is 1.92. The third kappa shape index (κ3) is 1.73. The first-order chi connectivity index (χ1) is 5.86. The van der Waals surface area contributed by atoms with Crippen LogP contribution in [0, 0.1) is 0 Å². The zero-order valence-corrected chi connectivity index (χ0v) is 7.91. The normalized spacial score (nSPS) is 18.1. The lowest BCUT2D eigenvalue weighted by molar-refractivity contribution is 0.955. The predicted octanol–water partition coefficient (Wildman–Crippen LogP) is 1.51. The van der Waals surface area contributed by atoms with E-state index in [2.05, 4.69) is 30.1 Å². The molecule has 1 aliphatic rings. The van der Waals surface area contributed by atoms with E-state index in [0.29, 0.717) is 6.04 Å². The maximum atomic E-state index is 4.40. The highest BCUT2D eigenvalue weighted by atomic mass is 14.8. The van der Waals surface area contributed by atoms with Crippen molar-refractivity contribution in [1.29, 1.82) is 0 Å². The van der Waals surface area contributed by atoms with Gasteiger partial charge in [0.2, 0.25) is 0 Å². The van der Waals surface area contributed by atoms with Crippen LogP contribution in [0.1, 0.15) is 20.8 Å². The molecule has 0 radical (unpaired) electrons. The summed E-state index contributed by atoms with van der Waals surface area (Å²) in [6.45, 7) is 6.10. The van der Waals surface area contributed by atoms with E-state index in [4.69, 9.17) is 0 Å². The van der Waals surface area contributed by atoms with E-state index in [1.165, 1.54) is 5.22 Å². The second-order valence-electron chi connectivity index (χ2n) is 2.60. The van der Waals surface area contributed by atoms with E-state index in [0.717, 1.165) is 5.36 Å². The minimum Gasteiger partial charge on any atom is -0.278 e. The summed E-state index contributed by atoms with van der Waals surface area (Å²) in [6, 6.07) is 8.59. The molecular formula is C11H15N. The zero-order valence-electron chi connectivity index (χ0n) is 7.91. The molecule has 1 nitrogen and oxygen atoms in total. The standard InChI is InChI=1S/C9H9N.C2H6/c1-7-6-8-4-2-3-5-9(8)10-7;1-2/h2-7H,1H3;1-2H3. The van der Waals surface area contributed by atoms with Crippen molar-refractivity contribution in [3.8, 4) is 0 Å². The van der Waals surface area contributed by atoms with E-state index in [9.17, 15) is 0 Å². The largest absolute Gasteiger partial charge is 0.278 e. The number of rotatable bonds is 0. The Morgan fingerprint density at radius 2 is 1.83 bits per heavy atom. The van der Waals surface area contributed by atoms with Crippen molar-refractivity contribution in [2.24, 2.45) is 4.99 Å². The van der Waals surface area contributed by atoms with Crippen LogP contribution in [0.4, 0.5) is 0 Å². The van der Waals surface area contributed by atoms with Crippen molar-refractivity contribution in [3.63, 3.8) is 0 Å². The molecule has 1 heteroatoms. The smallest absolute Gasteiger partial charge is 0.0668 e. The van der Waals surface area contributed by atoms with Crippen LogP contribution in [0.25, 0.3) is 6.08 Å². The Morgan fingerprint density at radius 1 is 1.17 bits per heavy atom. The molecule has 1 aromatic rings. The molecule has 0 saturated carbocycles. The number of hydrogen-bond acceptors (Lipinski definition) is 1. The molecule has 2 rings (SSSR count). The molecular weight excluding hydrogens is 146 g/mol. The van der Waals surface area contributed by atoms with Crippen molar-refractivity contribution >= 4 is 6.08 Å². The molecule has 0 aliphatic carbocycles. The molecule has 1 unspecified atom stereocenters. The van der Waals surface area contributed by atoms with Gasteiger partial charge in [-0.05, 0) is 18.2 Å². The summed E-state index contributed by atoms with van der Waals surface area (Å²) in [5.41, 5.74) is 0. The van der Waals surface area contributed by atoms with E-state index < -0.39 is 0 Å². The van der Waals surface area contributed by atoms with Gasteiger partial charge < -0.3 is 0 Å². The van der Waals surface area contributed by atoms with Crippen molar-refractivity contribution in [2.75, 3.05) is 0 Å². The van der Waals surface area contributed by atoms with Gasteiger partial charge in [0.15, 0.2) is 0 Å². The second kappa shape index (κ2) is 4.05. The molecule has 12 heavy (non-hydrogen) atoms. The molecule has 0 aromatic heterocycles. The summed E-state index contributed by atoms with van der Waals surface area (Å²) >= 11 is 0. The van der Waals surface area contributed by atoms with Crippen LogP contribution in [0.3, 0.4) is 0 Å². The van der Waals surface area contributed by atoms with Crippen molar-refractivity contribution < 1.29 is 0 Å². The quantitative estimate of drug-likeness (QED) is 0.547. The van der Waals surface area contributed by atoms with Crippen molar-refractivity contribution in [1.82, 2.24) is 0 Å². The summed E-state index contributed by atoms with van der Waals surface area (Å²) in [6.07, 6.45) is 2.18. The van der Waals surface area contributed by atoms with Crippen LogP contribution in [0.15, 0.2) is 29.3 Å². The Kier molecular flexibility index (Phi) is 3.03. The summed E-state index contributed by atoms with van der Waals surface area (Å²) in [5.74, 6) is 0. The van der Waals surface area contributed by atoms with Crippen LogP contribution in [-0.4, -0.2) is 6.04 Å². The van der Waals surface area contributed by atoms with Crippen molar-refractivity contribution in [2.45, 2.75) is 26.8 Å². The molecule has 0 fully saturated rings. The first-order valence-electron chi connectivity index (χ1n) is 4.51. The predicted molar refractivity (Wildman–Crippen MR) is 52.5 cm³/mol. The van der Waals surface area contributed by atoms with Gasteiger partial charge in [0.25, 0.3) is 0 Å². The molecule has 1 heterocycles. The van der Waals surface area contributed by atoms with Crippen LogP contribution in [-0.2, 0) is 0 Å². The third-order valence-electron chi connectivity index (χ3n) is 1.70. The summed E-state index contributed by atoms with van der Waals surface area (Å²) < 4.78 is 0. The third-order valence-corrected chi connectivity index (χ3v) is 1.70. The minimum absolute atomic E-state index is 0.373. The van der Waals surface area contributed by atoms with E-state index >= 15 is 0 Å². The molecule has 0 saturated heterocycles. The fraction of sp³-hybridized carbons (Fsp3) is 0.364. The van der Waals surface area contributed by atoms with Crippen LogP contribution >= 0.6 is 0 Å². The van der Waals surface area contributed by atoms with E-state index in [1.54, 1.807) is 0 Å². The van der Waals surface area contributed by atoms with Gasteiger partial charge in [-0.25, -0.2) is 0 Å². The van der Waals surface area contributed by atoms with Gasteiger partial charge in [-0.2, -0.15) is 0 Å². The lowest BCUT2D eigenvalue weighted by Gasteiger charge is -1.85. The number of hydrogen-bond donors (Lipinski definition) is 0. The van der Waals surface area contributed by atoms with Gasteiger partial charge in [0.1, 0.15) is 0 Å². The lowest BCUT2D eigenvalue weighted by Crippen LogP contribution is -2.19. The summed E-state index contributed by atoms with van der Waals surface area (Å²) in [4.78, 5) is 4.40. The highest BCUT2D eigenvalue weighted by Gasteiger charge is 1.99. The fourth-order valence-corrected chi connectivity index (χ4v) is 1.26. The minimum atomic E-state index is 0.373. The fourth-order valence-electron chi connectivity index (χ4n) is 1.26. The maximum absolute atomic E-state index is 4.40. The first-order valence-corrected chi connectivity index (χ1v) is 4.51. The van der Waals surface area contributed by atoms with E-state index in [1.807, 2.05) is 26.0 Å². The summed E-state index contributed by atoms with van der Waals surface area (Å²) in [5, 5.41) is 2.41. The van der Waals surface area contributed by atoms with Gasteiger partial charge >= 0.3 is 0 Å². The van der Waals surface area contributed by atoms with E-state index in [-0.39, 0.29) is 0 Å². The molecule has 0 N–H and O–H groups in total. The average Bonchev–Trinajstić information content (AvgIpc) is 2.48. The Bertz CT molecular complexity index is 317. The zero-order chi connectivity index (χ0) is 8.97.